The fourth-order valence-corrected chi connectivity index (χ4v) is 6.88. The molecule has 1 unspecified atom stereocenters. The number of aliphatic carboxylic acids is 1. The Kier molecular flexibility index (Phi) is 6.25. The maximum atomic E-state index is 12.8. The standard InChI is InChI=1S/C18H28N4O6S2/c1-8-13-12(9(2)20-30(5,27)28)17(24)22(13)14(18(25)26)15(8)29-10-6-11(19-7-10)16(23)21(3)4/h8-13,19-20H,6-7H2,1-5H3,(H,25,26)/t8-,9?,10+,11+,12-,13-/m1/s1. The molecule has 3 rings (SSSR count). The quantitative estimate of drug-likeness (QED) is 0.422. The number of carbonyl (C=O) groups is 3. The average Bonchev–Trinajstić information content (AvgIpc) is 3.15. The van der Waals surface area contributed by atoms with E-state index in [0.29, 0.717) is 17.9 Å². The van der Waals surface area contributed by atoms with Gasteiger partial charge in [-0.1, -0.05) is 6.92 Å². The summed E-state index contributed by atoms with van der Waals surface area (Å²) < 4.78 is 25.6. The van der Waals surface area contributed by atoms with E-state index in [1.165, 1.54) is 21.6 Å². The lowest BCUT2D eigenvalue weighted by Crippen LogP contribution is -2.66. The molecule has 3 N–H and O–H groups in total. The first kappa shape index (κ1) is 23.0. The normalized spacial score (nSPS) is 32.1. The number of likely N-dealkylation sites (N-methyl/N-ethyl adjacent to an activating group) is 1. The van der Waals surface area contributed by atoms with E-state index in [2.05, 4.69) is 10.0 Å². The number of β-lactam (4-membered cyclic amide) rings is 1. The fraction of sp³-hybridized carbons (Fsp3) is 0.722. The van der Waals surface area contributed by atoms with Crippen LogP contribution < -0.4 is 10.0 Å². The molecule has 12 heteroatoms. The van der Waals surface area contributed by atoms with Crippen molar-refractivity contribution in [1.29, 1.82) is 0 Å². The first-order valence-electron chi connectivity index (χ1n) is 9.72. The predicted molar refractivity (Wildman–Crippen MR) is 112 cm³/mol. The van der Waals surface area contributed by atoms with Crippen LogP contribution in [0, 0.1) is 11.8 Å². The van der Waals surface area contributed by atoms with E-state index in [1.54, 1.807) is 21.0 Å². The molecule has 6 atom stereocenters. The largest absolute Gasteiger partial charge is 0.477 e. The number of carbonyl (C=O) groups excluding carboxylic acids is 2. The summed E-state index contributed by atoms with van der Waals surface area (Å²) in [5.74, 6) is -2.43. The van der Waals surface area contributed by atoms with Crippen molar-refractivity contribution < 1.29 is 27.9 Å². The third kappa shape index (κ3) is 4.10. The molecule has 0 aromatic rings. The zero-order chi connectivity index (χ0) is 22.5. The number of thioether (sulfide) groups is 1. The first-order chi connectivity index (χ1) is 13.8. The maximum Gasteiger partial charge on any atom is 0.353 e. The van der Waals surface area contributed by atoms with E-state index in [4.69, 9.17) is 0 Å². The lowest BCUT2D eigenvalue weighted by molar-refractivity contribution is -0.157. The number of fused-ring (bicyclic) bond motifs is 1. The number of nitrogens with one attached hydrogen (secondary N) is 2. The number of hydrogen-bond acceptors (Lipinski definition) is 7. The van der Waals surface area contributed by atoms with Crippen LogP contribution >= 0.6 is 11.8 Å². The van der Waals surface area contributed by atoms with Crippen molar-refractivity contribution >= 4 is 39.6 Å². The third-order valence-corrected chi connectivity index (χ3v) is 8.16. The van der Waals surface area contributed by atoms with Gasteiger partial charge in [0.15, 0.2) is 0 Å². The Balaban J connectivity index is 1.78. The summed E-state index contributed by atoms with van der Waals surface area (Å²) in [4.78, 5) is 40.4. The summed E-state index contributed by atoms with van der Waals surface area (Å²) in [5.41, 5.74) is -0.0207. The van der Waals surface area contributed by atoms with Crippen molar-refractivity contribution in [3.05, 3.63) is 10.6 Å². The van der Waals surface area contributed by atoms with Gasteiger partial charge >= 0.3 is 5.97 Å². The van der Waals surface area contributed by atoms with E-state index < -0.39 is 34.0 Å². The highest BCUT2D eigenvalue weighted by Gasteiger charge is 2.60. The number of hydrogen-bond donors (Lipinski definition) is 3. The minimum atomic E-state index is -3.50. The van der Waals surface area contributed by atoms with Gasteiger partial charge in [-0.2, -0.15) is 0 Å². The Morgan fingerprint density at radius 2 is 2.00 bits per heavy atom. The summed E-state index contributed by atoms with van der Waals surface area (Å²) in [6.45, 7) is 4.05. The number of rotatable bonds is 7. The number of nitrogens with zero attached hydrogens (tertiary/aromatic N) is 2. The zero-order valence-electron chi connectivity index (χ0n) is 17.6. The molecule has 2 fully saturated rings. The van der Waals surface area contributed by atoms with Crippen molar-refractivity contribution in [2.24, 2.45) is 11.8 Å². The molecule has 3 aliphatic rings. The van der Waals surface area contributed by atoms with Crippen LogP contribution in [0.25, 0.3) is 0 Å². The maximum absolute atomic E-state index is 12.8. The van der Waals surface area contributed by atoms with E-state index >= 15 is 0 Å². The second-order valence-corrected chi connectivity index (χ2v) is 11.5. The predicted octanol–water partition coefficient (Wildman–Crippen LogP) is -0.751. The summed E-state index contributed by atoms with van der Waals surface area (Å²) >= 11 is 1.40. The molecule has 0 aliphatic carbocycles. The van der Waals surface area contributed by atoms with Crippen LogP contribution in [0.1, 0.15) is 20.3 Å². The minimum absolute atomic E-state index is 0.00419. The highest BCUT2D eigenvalue weighted by atomic mass is 32.2. The Morgan fingerprint density at radius 3 is 2.53 bits per heavy atom. The zero-order valence-corrected chi connectivity index (χ0v) is 19.2. The number of amides is 2. The molecule has 168 valence electrons. The number of sulfonamides is 1. The van der Waals surface area contributed by atoms with Gasteiger partial charge < -0.3 is 20.2 Å². The summed E-state index contributed by atoms with van der Waals surface area (Å²) in [6, 6.07) is -1.34. The van der Waals surface area contributed by atoms with Crippen molar-refractivity contribution in [2.45, 2.75) is 43.6 Å². The van der Waals surface area contributed by atoms with Crippen LogP contribution in [0.4, 0.5) is 0 Å². The van der Waals surface area contributed by atoms with Gasteiger partial charge in [-0.3, -0.25) is 9.59 Å². The second-order valence-electron chi connectivity index (χ2n) is 8.38. The molecular weight excluding hydrogens is 432 g/mol. The van der Waals surface area contributed by atoms with E-state index in [9.17, 15) is 27.9 Å². The van der Waals surface area contributed by atoms with Gasteiger partial charge in [-0.25, -0.2) is 17.9 Å². The van der Waals surface area contributed by atoms with Gasteiger partial charge in [0.1, 0.15) is 5.70 Å². The van der Waals surface area contributed by atoms with Gasteiger partial charge in [0.05, 0.1) is 24.3 Å². The lowest BCUT2D eigenvalue weighted by atomic mass is 9.78. The van der Waals surface area contributed by atoms with Crippen LogP contribution in [0.15, 0.2) is 10.6 Å². The summed E-state index contributed by atoms with van der Waals surface area (Å²) in [5, 5.41) is 13.0. The Bertz CT molecular complexity index is 902. The van der Waals surface area contributed by atoms with Crippen LogP contribution in [0.3, 0.4) is 0 Å². The first-order valence-corrected chi connectivity index (χ1v) is 12.5. The highest BCUT2D eigenvalue weighted by molar-refractivity contribution is 8.03. The summed E-state index contributed by atoms with van der Waals surface area (Å²) in [6.07, 6.45) is 1.60. The van der Waals surface area contributed by atoms with Crippen LogP contribution in [-0.2, 0) is 24.4 Å². The highest BCUT2D eigenvalue weighted by Crippen LogP contribution is 2.51. The van der Waals surface area contributed by atoms with Crippen LogP contribution in [0.2, 0.25) is 0 Å². The Morgan fingerprint density at radius 1 is 1.37 bits per heavy atom. The van der Waals surface area contributed by atoms with Gasteiger partial charge in [0, 0.05) is 42.8 Å². The summed E-state index contributed by atoms with van der Waals surface area (Å²) in [7, 11) is -0.115. The Labute approximate surface area is 180 Å². The van der Waals surface area contributed by atoms with Crippen molar-refractivity contribution in [2.75, 3.05) is 26.9 Å². The van der Waals surface area contributed by atoms with Gasteiger partial charge in [-0.05, 0) is 13.3 Å². The molecule has 0 saturated carbocycles. The van der Waals surface area contributed by atoms with Crippen LogP contribution in [0.5, 0.6) is 0 Å². The van der Waals surface area contributed by atoms with Gasteiger partial charge in [-0.15, -0.1) is 11.8 Å². The lowest BCUT2D eigenvalue weighted by Gasteiger charge is -2.47. The molecule has 0 aromatic carbocycles. The van der Waals surface area contributed by atoms with Gasteiger partial charge in [0.2, 0.25) is 21.8 Å². The molecule has 0 aromatic heterocycles. The molecule has 2 amide bonds. The van der Waals surface area contributed by atoms with Crippen LogP contribution in [-0.4, -0.2) is 91.4 Å². The topological polar surface area (TPSA) is 136 Å². The average molecular weight is 461 g/mol. The molecule has 2 saturated heterocycles. The van der Waals surface area contributed by atoms with Crippen molar-refractivity contribution in [3.63, 3.8) is 0 Å². The van der Waals surface area contributed by atoms with E-state index in [0.717, 1.165) is 6.26 Å². The molecule has 3 heterocycles. The number of carboxylic acids is 1. The van der Waals surface area contributed by atoms with Gasteiger partial charge in [0.25, 0.3) is 0 Å². The van der Waals surface area contributed by atoms with Crippen molar-refractivity contribution in [1.82, 2.24) is 19.8 Å². The fourth-order valence-electron chi connectivity index (χ4n) is 4.58. The van der Waals surface area contributed by atoms with E-state index in [1.807, 2.05) is 6.92 Å². The molecule has 30 heavy (non-hydrogen) atoms. The molecular formula is C18H28N4O6S2. The third-order valence-electron chi connectivity index (χ3n) is 5.85. The smallest absolute Gasteiger partial charge is 0.353 e. The molecule has 0 spiro atoms. The monoisotopic (exact) mass is 460 g/mol. The van der Waals surface area contributed by atoms with E-state index in [-0.39, 0.29) is 34.7 Å². The minimum Gasteiger partial charge on any atom is -0.477 e. The SMILES string of the molecule is CC(NS(C)(=O)=O)[C@H]1C(=O)N2C(C(=O)O)=C(S[C@@H]3CN[C@H](C(=O)N(C)C)C3)[C@H](C)[C@H]12. The molecule has 3 aliphatic heterocycles. The molecule has 0 bridgehead atoms. The Hall–Kier alpha value is -1.63. The molecule has 0 radical (unpaired) electrons. The number of carboxylic acid groups (broad SMARTS) is 1. The molecule has 10 nitrogen and oxygen atoms in total. The second kappa shape index (κ2) is 8.13. The van der Waals surface area contributed by atoms with Crippen molar-refractivity contribution in [3.8, 4) is 0 Å².